The van der Waals surface area contributed by atoms with Crippen LogP contribution < -0.4 is 16.0 Å². The lowest BCUT2D eigenvalue weighted by molar-refractivity contribution is 0.271. The zero-order chi connectivity index (χ0) is 15.3. The fourth-order valence-corrected chi connectivity index (χ4v) is 4.18. The van der Waals surface area contributed by atoms with Gasteiger partial charge in [-0.2, -0.15) is 0 Å². The minimum Gasteiger partial charge on any atom is -0.307 e. The Hall–Kier alpha value is -1.18. The molecule has 1 aromatic heterocycles. The van der Waals surface area contributed by atoms with Gasteiger partial charge in [0.1, 0.15) is 4.90 Å². The smallest absolute Gasteiger partial charge is 0.244 e. The normalized spacial score (nSPS) is 23.0. The van der Waals surface area contributed by atoms with Gasteiger partial charge in [0.2, 0.25) is 10.0 Å². The highest BCUT2D eigenvalue weighted by atomic mass is 32.2. The van der Waals surface area contributed by atoms with Crippen molar-refractivity contribution in [3.8, 4) is 0 Å². The van der Waals surface area contributed by atoms with E-state index >= 15 is 0 Å². The number of sulfonamides is 1. The van der Waals surface area contributed by atoms with Crippen LogP contribution in [-0.4, -0.2) is 19.9 Å². The summed E-state index contributed by atoms with van der Waals surface area (Å²) in [6.07, 6.45) is 7.33. The van der Waals surface area contributed by atoms with Crippen molar-refractivity contribution >= 4 is 15.8 Å². The van der Waals surface area contributed by atoms with E-state index < -0.39 is 10.0 Å². The second kappa shape index (κ2) is 7.20. The third-order valence-corrected chi connectivity index (χ3v) is 5.58. The summed E-state index contributed by atoms with van der Waals surface area (Å²) < 4.78 is 27.2. The van der Waals surface area contributed by atoms with Crippen LogP contribution in [0.15, 0.2) is 23.2 Å². The zero-order valence-electron chi connectivity index (χ0n) is 12.4. The molecule has 1 saturated carbocycles. The predicted octanol–water partition coefficient (Wildman–Crippen LogP) is 1.86. The van der Waals surface area contributed by atoms with Crippen LogP contribution in [0.4, 0.5) is 5.82 Å². The van der Waals surface area contributed by atoms with Crippen LogP contribution in [0, 0.1) is 11.8 Å². The van der Waals surface area contributed by atoms with E-state index in [1.54, 1.807) is 6.07 Å². The molecule has 1 aliphatic rings. The highest BCUT2D eigenvalue weighted by Gasteiger charge is 2.21. The van der Waals surface area contributed by atoms with Crippen molar-refractivity contribution in [2.75, 3.05) is 12.0 Å². The summed E-state index contributed by atoms with van der Waals surface area (Å²) in [7, 11) is -3.57. The Morgan fingerprint density at radius 2 is 2.24 bits per heavy atom. The summed E-state index contributed by atoms with van der Waals surface area (Å²) in [4.78, 5) is 4.00. The molecule has 6 nitrogen and oxygen atoms in total. The number of nitrogen functional groups attached to an aromatic ring is 1. The Kier molecular flexibility index (Phi) is 5.55. The van der Waals surface area contributed by atoms with E-state index in [1.807, 2.05) is 0 Å². The molecule has 0 saturated heterocycles. The van der Waals surface area contributed by atoms with Crippen LogP contribution in [0.5, 0.6) is 0 Å². The summed E-state index contributed by atoms with van der Waals surface area (Å²) in [5.41, 5.74) is 2.32. The summed E-state index contributed by atoms with van der Waals surface area (Å²) in [6.45, 7) is 2.73. The van der Waals surface area contributed by atoms with Crippen molar-refractivity contribution in [3.63, 3.8) is 0 Å². The molecule has 2 atom stereocenters. The van der Waals surface area contributed by atoms with Crippen LogP contribution in [0.25, 0.3) is 0 Å². The Labute approximate surface area is 126 Å². The van der Waals surface area contributed by atoms with Crippen molar-refractivity contribution < 1.29 is 8.42 Å². The second-order valence-electron chi connectivity index (χ2n) is 5.82. The molecule has 0 aromatic carbocycles. The van der Waals surface area contributed by atoms with Gasteiger partial charge in [-0.15, -0.1) is 0 Å². The molecule has 7 heteroatoms. The maximum Gasteiger partial charge on any atom is 0.244 e. The summed E-state index contributed by atoms with van der Waals surface area (Å²) in [6, 6.07) is 3.07. The molecule has 0 radical (unpaired) electrons. The molecule has 2 rings (SSSR count). The summed E-state index contributed by atoms with van der Waals surface area (Å²) in [5.74, 6) is 6.85. The number of rotatable bonds is 6. The molecule has 0 bridgehead atoms. The zero-order valence-corrected chi connectivity index (χ0v) is 13.2. The molecule has 1 aliphatic carbocycles. The van der Waals surface area contributed by atoms with Gasteiger partial charge < -0.3 is 5.43 Å². The Morgan fingerprint density at radius 1 is 1.43 bits per heavy atom. The van der Waals surface area contributed by atoms with Gasteiger partial charge in [0.15, 0.2) is 5.82 Å². The van der Waals surface area contributed by atoms with E-state index in [4.69, 9.17) is 5.84 Å². The fraction of sp³-hybridized carbons (Fsp3) is 0.643. The van der Waals surface area contributed by atoms with Crippen LogP contribution in [0.3, 0.4) is 0 Å². The third kappa shape index (κ3) is 4.39. The molecule has 0 aliphatic heterocycles. The monoisotopic (exact) mass is 312 g/mol. The van der Waals surface area contributed by atoms with Crippen molar-refractivity contribution in [1.82, 2.24) is 9.71 Å². The van der Waals surface area contributed by atoms with Crippen molar-refractivity contribution in [1.29, 1.82) is 0 Å². The summed E-state index contributed by atoms with van der Waals surface area (Å²) in [5, 5.41) is 0. The van der Waals surface area contributed by atoms with Crippen molar-refractivity contribution in [2.45, 2.75) is 43.9 Å². The van der Waals surface area contributed by atoms with Gasteiger partial charge in [-0.1, -0.05) is 26.2 Å². The number of hydrogen-bond donors (Lipinski definition) is 3. The molecule has 1 fully saturated rings. The van der Waals surface area contributed by atoms with E-state index in [9.17, 15) is 8.42 Å². The van der Waals surface area contributed by atoms with Crippen LogP contribution in [0.2, 0.25) is 0 Å². The highest BCUT2D eigenvalue weighted by molar-refractivity contribution is 7.89. The van der Waals surface area contributed by atoms with E-state index in [-0.39, 0.29) is 10.7 Å². The lowest BCUT2D eigenvalue weighted by Gasteiger charge is -2.26. The Bertz CT molecular complexity index is 562. The number of hydrogen-bond acceptors (Lipinski definition) is 5. The number of nitrogens with two attached hydrogens (primary N) is 1. The standard InChI is InChI=1S/C14H24N4O2S/c1-11-4-2-5-12(10-11)7-9-17-21(19,20)13-6-3-8-16-14(13)18-15/h3,6,8,11-12,17H,2,4-5,7,9-10,15H2,1H3,(H,16,18). The fourth-order valence-electron chi connectivity index (χ4n) is 3.01. The number of nitrogens with one attached hydrogen (secondary N) is 2. The van der Waals surface area contributed by atoms with E-state index in [0.29, 0.717) is 12.5 Å². The average molecular weight is 312 g/mol. The number of hydrazine groups is 1. The first kappa shape index (κ1) is 16.2. The molecule has 0 amide bonds. The molecule has 1 heterocycles. The lowest BCUT2D eigenvalue weighted by atomic mass is 9.81. The van der Waals surface area contributed by atoms with E-state index in [0.717, 1.165) is 12.3 Å². The van der Waals surface area contributed by atoms with Crippen LogP contribution in [-0.2, 0) is 10.0 Å². The molecule has 1 aromatic rings. The van der Waals surface area contributed by atoms with Crippen molar-refractivity contribution in [3.05, 3.63) is 18.3 Å². The van der Waals surface area contributed by atoms with Gasteiger partial charge in [-0.25, -0.2) is 24.0 Å². The number of aromatic nitrogens is 1. The SMILES string of the molecule is CC1CCCC(CCNS(=O)(=O)c2cccnc2NN)C1. The maximum atomic E-state index is 12.3. The quantitative estimate of drug-likeness (QED) is 0.550. The largest absolute Gasteiger partial charge is 0.307 e. The number of nitrogens with zero attached hydrogens (tertiary/aromatic N) is 1. The van der Waals surface area contributed by atoms with Crippen LogP contribution in [0.1, 0.15) is 39.0 Å². The van der Waals surface area contributed by atoms with Crippen LogP contribution >= 0.6 is 0 Å². The van der Waals surface area contributed by atoms with Crippen molar-refractivity contribution in [2.24, 2.45) is 17.7 Å². The molecule has 0 spiro atoms. The Balaban J connectivity index is 1.92. The maximum absolute atomic E-state index is 12.3. The topological polar surface area (TPSA) is 97.1 Å². The highest BCUT2D eigenvalue weighted by Crippen LogP contribution is 2.30. The average Bonchev–Trinajstić information content (AvgIpc) is 2.47. The molecule has 2 unspecified atom stereocenters. The van der Waals surface area contributed by atoms with Gasteiger partial charge in [0.05, 0.1) is 0 Å². The number of anilines is 1. The molecule has 4 N–H and O–H groups in total. The first-order valence-electron chi connectivity index (χ1n) is 7.44. The Morgan fingerprint density at radius 3 is 2.95 bits per heavy atom. The molecular formula is C14H24N4O2S. The third-order valence-electron chi connectivity index (χ3n) is 4.09. The van der Waals surface area contributed by atoms with Gasteiger partial charge in [0, 0.05) is 12.7 Å². The first-order chi connectivity index (χ1) is 10.0. The first-order valence-corrected chi connectivity index (χ1v) is 8.92. The van der Waals surface area contributed by atoms with Gasteiger partial charge in [-0.05, 0) is 36.8 Å². The van der Waals surface area contributed by atoms with Gasteiger partial charge in [-0.3, -0.25) is 0 Å². The molecular weight excluding hydrogens is 288 g/mol. The van der Waals surface area contributed by atoms with E-state index in [1.165, 1.54) is 37.9 Å². The minimum atomic E-state index is -3.57. The van der Waals surface area contributed by atoms with Gasteiger partial charge in [0.25, 0.3) is 0 Å². The molecule has 21 heavy (non-hydrogen) atoms. The number of pyridine rings is 1. The predicted molar refractivity (Wildman–Crippen MR) is 83.0 cm³/mol. The minimum absolute atomic E-state index is 0.0875. The van der Waals surface area contributed by atoms with E-state index in [2.05, 4.69) is 22.1 Å². The lowest BCUT2D eigenvalue weighted by Crippen LogP contribution is -2.28. The molecule has 118 valence electrons. The summed E-state index contributed by atoms with van der Waals surface area (Å²) >= 11 is 0. The van der Waals surface area contributed by atoms with Gasteiger partial charge >= 0.3 is 0 Å². The second-order valence-corrected chi connectivity index (χ2v) is 7.55.